The number of carbonyl (C=O) groups excluding carboxylic acids is 2. The minimum absolute atomic E-state index is 0.167. The van der Waals surface area contributed by atoms with Crippen molar-refractivity contribution in [2.45, 2.75) is 143 Å². The highest BCUT2D eigenvalue weighted by Crippen LogP contribution is 2.33. The summed E-state index contributed by atoms with van der Waals surface area (Å²) in [5.41, 5.74) is 16.1. The van der Waals surface area contributed by atoms with Gasteiger partial charge in [-0.25, -0.2) is 9.97 Å². The molecule has 0 aliphatic carbocycles. The molecule has 2 aromatic heterocycles. The van der Waals surface area contributed by atoms with Crippen molar-refractivity contribution in [2.24, 2.45) is 11.7 Å². The number of hydrogen-bond acceptors (Lipinski definition) is 5. The first-order valence-electron chi connectivity index (χ1n) is 27.2. The Bertz CT molecular complexity index is 2920. The van der Waals surface area contributed by atoms with E-state index in [2.05, 4.69) is 170 Å². The van der Waals surface area contributed by atoms with Crippen LogP contribution >= 0.6 is 0 Å². The molecular weight excluding hydrogens is 887 g/mol. The van der Waals surface area contributed by atoms with E-state index in [9.17, 15) is 9.59 Å². The molecule has 0 saturated carbocycles. The average molecular weight is 964 g/mol. The van der Waals surface area contributed by atoms with Crippen molar-refractivity contribution >= 4 is 55.4 Å². The van der Waals surface area contributed by atoms with Gasteiger partial charge in [0.15, 0.2) is 0 Å². The summed E-state index contributed by atoms with van der Waals surface area (Å²) < 4.78 is 4.83. The van der Waals surface area contributed by atoms with E-state index in [1.807, 2.05) is 4.90 Å². The van der Waals surface area contributed by atoms with Crippen LogP contribution in [-0.4, -0.2) is 72.9 Å². The summed E-state index contributed by atoms with van der Waals surface area (Å²) in [5.74, 6) is 3.66. The molecule has 4 heterocycles. The number of likely N-dealkylation sites (tertiary alicyclic amines) is 2. The molecule has 0 radical (unpaired) electrons. The number of benzene rings is 6. The molecule has 2 saturated heterocycles. The summed E-state index contributed by atoms with van der Waals surface area (Å²) in [4.78, 5) is 41.0. The first-order chi connectivity index (χ1) is 35.0. The lowest BCUT2D eigenvalue weighted by Gasteiger charge is -2.33. The quantitative estimate of drug-likeness (QED) is 0.104. The van der Waals surface area contributed by atoms with Gasteiger partial charge in [-0.1, -0.05) is 131 Å². The lowest BCUT2D eigenvalue weighted by molar-refractivity contribution is -0.133. The highest BCUT2D eigenvalue weighted by Gasteiger charge is 2.31. The fourth-order valence-corrected chi connectivity index (χ4v) is 11.4. The topological polar surface area (TPSA) is 102 Å². The first kappa shape index (κ1) is 50.6. The average Bonchev–Trinajstić information content (AvgIpc) is 3.94. The lowest BCUT2D eigenvalue weighted by atomic mass is 9.93. The van der Waals surface area contributed by atoms with Gasteiger partial charge >= 0.3 is 0 Å². The second-order valence-corrected chi connectivity index (χ2v) is 21.3. The van der Waals surface area contributed by atoms with E-state index >= 15 is 0 Å². The standard InChI is InChI=1S/C32H39N3O.C31H38N4O/c1-4-5-17-35-30-15-12-23(2)19-29(30)33-32(35)28-11-8-16-34(22-28)31(36)20-24(3)18-25-13-14-26-9-6-7-10-27(26)21-25;1-3-4-16-35-29-14-11-22(2)17-28(29)33-31(35)26-10-7-15-34(21-26)30(36)20-27(32)19-23-12-13-24-8-5-6-9-25(24)18-23/h6-7,9-10,12-15,19,21,24,28H,4-5,8,11,16-18,20,22H2,1-3H3;5-6,8-9,11-14,17-18,26-27H,3-4,7,10,15-16,19-21,32H2,1-2H3/t24-,28-;26-,27-/m11/s1. The summed E-state index contributed by atoms with van der Waals surface area (Å²) in [6.07, 6.45) is 11.4. The second-order valence-electron chi connectivity index (χ2n) is 21.3. The maximum absolute atomic E-state index is 13.4. The molecule has 72 heavy (non-hydrogen) atoms. The third kappa shape index (κ3) is 12.1. The number of hydrogen-bond donors (Lipinski definition) is 1. The Morgan fingerprint density at radius 2 is 1.04 bits per heavy atom. The summed E-state index contributed by atoms with van der Waals surface area (Å²) in [7, 11) is 0. The van der Waals surface area contributed by atoms with Gasteiger partial charge in [0.05, 0.1) is 22.1 Å². The third-order valence-electron chi connectivity index (χ3n) is 15.3. The van der Waals surface area contributed by atoms with E-state index in [0.29, 0.717) is 37.0 Å². The Labute approximate surface area is 427 Å². The zero-order valence-electron chi connectivity index (χ0n) is 43.7. The number of nitrogens with two attached hydrogens (primary N) is 1. The SMILES string of the molecule is CCCCn1c([C@@H]2CCCN(C(=O)C[C@H](C)Cc3ccc4ccccc4c3)C2)nc2cc(C)ccc21.CCCCn1c([C@@H]2CCCN(C(=O)C[C@H](N)Cc3ccc4ccccc4c3)C2)nc2cc(C)ccc21. The summed E-state index contributed by atoms with van der Waals surface area (Å²) in [6, 6.07) is 42.9. The highest BCUT2D eigenvalue weighted by molar-refractivity contribution is 5.84. The van der Waals surface area contributed by atoms with Crippen molar-refractivity contribution in [3.8, 4) is 0 Å². The molecule has 9 heteroatoms. The van der Waals surface area contributed by atoms with Crippen LogP contribution in [0, 0.1) is 19.8 Å². The van der Waals surface area contributed by atoms with Crippen LogP contribution in [0.3, 0.4) is 0 Å². The molecule has 2 aliphatic heterocycles. The molecule has 0 bridgehead atoms. The predicted molar refractivity (Wildman–Crippen MR) is 298 cm³/mol. The van der Waals surface area contributed by atoms with Crippen LogP contribution in [0.5, 0.6) is 0 Å². The van der Waals surface area contributed by atoms with Gasteiger partial charge in [-0.05, 0) is 139 Å². The van der Waals surface area contributed by atoms with E-state index in [4.69, 9.17) is 15.7 Å². The Kier molecular flexibility index (Phi) is 16.5. The van der Waals surface area contributed by atoms with Crippen LogP contribution in [0.1, 0.15) is 131 Å². The number of nitrogens with zero attached hydrogens (tertiary/aromatic N) is 6. The smallest absolute Gasteiger partial charge is 0.224 e. The molecule has 2 N–H and O–H groups in total. The van der Waals surface area contributed by atoms with Crippen molar-refractivity contribution < 1.29 is 9.59 Å². The fraction of sp³-hybridized carbons (Fsp3) is 0.429. The minimum atomic E-state index is -0.184. The fourth-order valence-electron chi connectivity index (χ4n) is 11.4. The van der Waals surface area contributed by atoms with Gasteiger partial charge in [0.1, 0.15) is 11.6 Å². The van der Waals surface area contributed by atoms with E-state index in [-0.39, 0.29) is 17.9 Å². The molecule has 376 valence electrons. The van der Waals surface area contributed by atoms with Gasteiger partial charge in [-0.3, -0.25) is 9.59 Å². The van der Waals surface area contributed by atoms with Crippen molar-refractivity contribution in [2.75, 3.05) is 26.2 Å². The van der Waals surface area contributed by atoms with E-state index < -0.39 is 0 Å². The summed E-state index contributed by atoms with van der Waals surface area (Å²) >= 11 is 0. The number of piperidine rings is 2. The minimum Gasteiger partial charge on any atom is -0.342 e. The molecule has 0 spiro atoms. The molecule has 4 atom stereocenters. The molecule has 2 aliphatic rings. The number of aromatic nitrogens is 4. The number of amides is 2. The van der Waals surface area contributed by atoms with Crippen LogP contribution in [0.25, 0.3) is 43.6 Å². The Hall–Kier alpha value is -6.32. The normalized spacial score (nSPS) is 17.1. The number of aryl methyl sites for hydroxylation is 4. The highest BCUT2D eigenvalue weighted by atomic mass is 16.2. The number of carbonyl (C=O) groups is 2. The third-order valence-corrected chi connectivity index (χ3v) is 15.3. The van der Waals surface area contributed by atoms with Gasteiger partial charge < -0.3 is 24.7 Å². The predicted octanol–water partition coefficient (Wildman–Crippen LogP) is 13.2. The Morgan fingerprint density at radius 1 is 0.583 bits per heavy atom. The molecular formula is C63H77N7O2. The van der Waals surface area contributed by atoms with Gasteiger partial charge in [0, 0.05) is 70.0 Å². The lowest BCUT2D eigenvalue weighted by Crippen LogP contribution is -2.42. The molecule has 2 fully saturated rings. The Morgan fingerprint density at radius 3 is 1.53 bits per heavy atom. The van der Waals surface area contributed by atoms with Gasteiger partial charge in [-0.2, -0.15) is 0 Å². The van der Waals surface area contributed by atoms with Crippen LogP contribution in [0.4, 0.5) is 0 Å². The van der Waals surface area contributed by atoms with Crippen LogP contribution in [-0.2, 0) is 35.5 Å². The van der Waals surface area contributed by atoms with Gasteiger partial charge in [-0.15, -0.1) is 0 Å². The monoisotopic (exact) mass is 964 g/mol. The van der Waals surface area contributed by atoms with Crippen molar-refractivity contribution in [3.05, 3.63) is 155 Å². The number of rotatable bonds is 16. The van der Waals surface area contributed by atoms with Gasteiger partial charge in [0.2, 0.25) is 11.8 Å². The van der Waals surface area contributed by atoms with Crippen LogP contribution in [0.2, 0.25) is 0 Å². The van der Waals surface area contributed by atoms with E-state index in [1.54, 1.807) is 0 Å². The zero-order chi connectivity index (χ0) is 50.1. The zero-order valence-corrected chi connectivity index (χ0v) is 43.7. The van der Waals surface area contributed by atoms with Crippen molar-refractivity contribution in [1.82, 2.24) is 28.9 Å². The maximum Gasteiger partial charge on any atom is 0.224 e. The van der Waals surface area contributed by atoms with E-state index in [0.717, 1.165) is 114 Å². The molecule has 2 amide bonds. The molecule has 9 nitrogen and oxygen atoms in total. The van der Waals surface area contributed by atoms with Crippen molar-refractivity contribution in [3.63, 3.8) is 0 Å². The summed E-state index contributed by atoms with van der Waals surface area (Å²) in [5, 5.41) is 4.98. The number of fused-ring (bicyclic) bond motifs is 4. The number of unbranched alkanes of at least 4 members (excludes halogenated alkanes) is 2. The Balaban J connectivity index is 0.000000178. The first-order valence-corrected chi connectivity index (χ1v) is 27.2. The number of imidazole rings is 2. The van der Waals surface area contributed by atoms with Gasteiger partial charge in [0.25, 0.3) is 0 Å². The molecule has 8 aromatic rings. The van der Waals surface area contributed by atoms with Crippen LogP contribution in [0.15, 0.2) is 121 Å². The largest absolute Gasteiger partial charge is 0.342 e. The molecule has 0 unspecified atom stereocenters. The summed E-state index contributed by atoms with van der Waals surface area (Å²) in [6.45, 7) is 16.1. The van der Waals surface area contributed by atoms with Crippen LogP contribution < -0.4 is 5.73 Å². The maximum atomic E-state index is 13.4. The second kappa shape index (κ2) is 23.5. The van der Waals surface area contributed by atoms with Crippen molar-refractivity contribution in [1.29, 1.82) is 0 Å². The van der Waals surface area contributed by atoms with E-state index in [1.165, 1.54) is 60.7 Å². The molecule has 10 rings (SSSR count). The molecule has 6 aromatic carbocycles.